The Labute approximate surface area is 235 Å². The number of carbonyl (C=O) groups excluding carboxylic acids is 3. The second-order valence-corrected chi connectivity index (χ2v) is 12.0. The van der Waals surface area contributed by atoms with Gasteiger partial charge in [0, 0.05) is 0 Å². The highest BCUT2D eigenvalue weighted by atomic mass is 79.9. The molecule has 4 aliphatic carbocycles. The average molecular weight is 590 g/mol. The number of barbiturate groups is 1. The number of imide groups is 2. The van der Waals surface area contributed by atoms with Gasteiger partial charge in [-0.2, -0.15) is 5.26 Å². The lowest BCUT2D eigenvalue weighted by molar-refractivity contribution is -0.122. The molecule has 1 N–H and O–H groups in total. The highest BCUT2D eigenvalue weighted by Crippen LogP contribution is 2.60. The highest BCUT2D eigenvalue weighted by Gasteiger charge is 2.51. The first-order chi connectivity index (χ1) is 18.8. The number of carbonyl (C=O) groups is 3. The van der Waals surface area contributed by atoms with Crippen LogP contribution < -0.4 is 19.7 Å². The molecule has 8 nitrogen and oxygen atoms in total. The largest absolute Gasteiger partial charge is 0.493 e. The van der Waals surface area contributed by atoms with Crippen LogP contribution in [0.15, 0.2) is 46.4 Å². The summed E-state index contributed by atoms with van der Waals surface area (Å²) in [6, 6.07) is 12.1. The van der Waals surface area contributed by atoms with E-state index in [4.69, 9.17) is 14.7 Å². The van der Waals surface area contributed by atoms with Crippen LogP contribution in [0.5, 0.6) is 11.5 Å². The molecule has 7 rings (SSSR count). The van der Waals surface area contributed by atoms with Crippen LogP contribution in [-0.2, 0) is 15.0 Å². The number of rotatable bonds is 6. The number of methoxy groups -OCH3 is 1. The zero-order chi connectivity index (χ0) is 27.3. The summed E-state index contributed by atoms with van der Waals surface area (Å²) in [6.45, 7) is -0.172. The molecule has 4 saturated carbocycles. The molecule has 2 aromatic rings. The molecule has 9 heteroatoms. The first kappa shape index (κ1) is 25.6. The number of amides is 4. The number of urea groups is 1. The van der Waals surface area contributed by atoms with Gasteiger partial charge in [-0.1, -0.05) is 12.1 Å². The van der Waals surface area contributed by atoms with Crippen molar-refractivity contribution >= 4 is 45.5 Å². The summed E-state index contributed by atoms with van der Waals surface area (Å²) >= 11 is 3.39. The van der Waals surface area contributed by atoms with Gasteiger partial charge in [0.2, 0.25) is 0 Å². The number of halogens is 1. The molecule has 1 saturated heterocycles. The molecule has 4 bridgehead atoms. The average Bonchev–Trinajstić information content (AvgIpc) is 2.89. The summed E-state index contributed by atoms with van der Waals surface area (Å²) < 4.78 is 11.3. The van der Waals surface area contributed by atoms with Gasteiger partial charge in [-0.05, 0) is 119 Å². The van der Waals surface area contributed by atoms with Crippen LogP contribution in [0.2, 0.25) is 0 Å². The van der Waals surface area contributed by atoms with E-state index in [1.54, 1.807) is 12.1 Å². The number of nitriles is 1. The Bertz CT molecular complexity index is 1410. The molecule has 0 atom stereocenters. The summed E-state index contributed by atoms with van der Waals surface area (Å²) in [4.78, 5) is 40.0. The molecule has 0 radical (unpaired) electrons. The SMILES string of the molecule is COc1cc(/C=C2\C(=O)NC(=O)N(c3ccc(C45CC6CC(CC(C6)C4)C5)cc3)C2=O)cc(Br)c1OCC#N. The summed E-state index contributed by atoms with van der Waals surface area (Å²) in [6.07, 6.45) is 9.16. The van der Waals surface area contributed by atoms with E-state index in [0.717, 1.165) is 22.7 Å². The third-order valence-electron chi connectivity index (χ3n) is 8.72. The first-order valence-corrected chi connectivity index (χ1v) is 14.0. The predicted octanol–water partition coefficient (Wildman–Crippen LogP) is 5.49. The van der Waals surface area contributed by atoms with Crippen molar-refractivity contribution in [3.8, 4) is 17.6 Å². The Kier molecular flexibility index (Phi) is 6.46. The lowest BCUT2D eigenvalue weighted by Gasteiger charge is -2.57. The molecule has 5 fully saturated rings. The van der Waals surface area contributed by atoms with Crippen molar-refractivity contribution in [1.29, 1.82) is 5.26 Å². The normalized spacial score (nSPS) is 28.4. The zero-order valence-electron chi connectivity index (χ0n) is 21.5. The van der Waals surface area contributed by atoms with Crippen molar-refractivity contribution in [2.45, 2.75) is 43.9 Å². The van der Waals surface area contributed by atoms with Crippen LogP contribution in [0.1, 0.15) is 49.7 Å². The zero-order valence-corrected chi connectivity index (χ0v) is 23.1. The van der Waals surface area contributed by atoms with Crippen molar-refractivity contribution in [3.05, 3.63) is 57.6 Å². The van der Waals surface area contributed by atoms with Crippen molar-refractivity contribution < 1.29 is 23.9 Å². The molecule has 1 aliphatic heterocycles. The van der Waals surface area contributed by atoms with Gasteiger partial charge in [-0.3, -0.25) is 14.9 Å². The van der Waals surface area contributed by atoms with E-state index in [2.05, 4.69) is 33.4 Å². The van der Waals surface area contributed by atoms with E-state index in [0.29, 0.717) is 27.2 Å². The molecular formula is C30H28BrN3O5. The molecule has 5 aliphatic rings. The monoisotopic (exact) mass is 589 g/mol. The third kappa shape index (κ3) is 4.51. The van der Waals surface area contributed by atoms with E-state index < -0.39 is 17.8 Å². The second kappa shape index (κ2) is 9.83. The summed E-state index contributed by atoms with van der Waals surface area (Å²) in [5.74, 6) is 1.62. The molecule has 1 heterocycles. The fourth-order valence-corrected chi connectivity index (χ4v) is 8.13. The Morgan fingerprint density at radius 2 is 1.72 bits per heavy atom. The number of ether oxygens (including phenoxy) is 2. The van der Waals surface area contributed by atoms with Crippen LogP contribution in [0, 0.1) is 29.1 Å². The lowest BCUT2D eigenvalue weighted by atomic mass is 9.48. The number of nitrogens with zero attached hydrogens (tertiary/aromatic N) is 2. The van der Waals surface area contributed by atoms with E-state index in [1.165, 1.54) is 57.3 Å². The number of nitrogens with one attached hydrogen (secondary N) is 1. The molecule has 0 spiro atoms. The van der Waals surface area contributed by atoms with Gasteiger partial charge in [0.05, 0.1) is 17.3 Å². The van der Waals surface area contributed by atoms with Gasteiger partial charge >= 0.3 is 6.03 Å². The minimum Gasteiger partial charge on any atom is -0.493 e. The van der Waals surface area contributed by atoms with Crippen molar-refractivity contribution in [3.63, 3.8) is 0 Å². The molecule has 200 valence electrons. The van der Waals surface area contributed by atoms with Gasteiger partial charge in [0.1, 0.15) is 11.6 Å². The Morgan fingerprint density at radius 3 is 2.31 bits per heavy atom. The maximum absolute atomic E-state index is 13.5. The Balaban J connectivity index is 1.28. The molecular weight excluding hydrogens is 562 g/mol. The Morgan fingerprint density at radius 1 is 1.08 bits per heavy atom. The smallest absolute Gasteiger partial charge is 0.335 e. The summed E-state index contributed by atoms with van der Waals surface area (Å²) in [5.41, 5.74) is 2.21. The highest BCUT2D eigenvalue weighted by molar-refractivity contribution is 9.10. The number of hydrogen-bond acceptors (Lipinski definition) is 6. The minimum atomic E-state index is -0.774. The standard InChI is InChI=1S/C30H28BrN3O5/c1-38-25-13-17(12-24(31)26(25)39-7-6-32)11-23-27(35)33-29(37)34(28(23)36)22-4-2-21(3-5-22)30-14-18-8-19(15-30)10-20(9-18)16-30/h2-5,11-13,18-20H,7-10,14-16H2,1H3,(H,33,35,37)/b23-11+. The molecule has 4 amide bonds. The van der Waals surface area contributed by atoms with Crippen molar-refractivity contribution in [2.24, 2.45) is 17.8 Å². The van der Waals surface area contributed by atoms with E-state index in [1.807, 2.05) is 18.2 Å². The minimum absolute atomic E-state index is 0.172. The van der Waals surface area contributed by atoms with Crippen molar-refractivity contribution in [2.75, 3.05) is 18.6 Å². The van der Waals surface area contributed by atoms with Crippen LogP contribution >= 0.6 is 15.9 Å². The van der Waals surface area contributed by atoms with Gasteiger partial charge in [-0.15, -0.1) is 0 Å². The lowest BCUT2D eigenvalue weighted by Crippen LogP contribution is -2.54. The number of anilines is 1. The maximum atomic E-state index is 13.5. The fourth-order valence-electron chi connectivity index (χ4n) is 7.55. The van der Waals surface area contributed by atoms with Gasteiger partial charge < -0.3 is 9.47 Å². The van der Waals surface area contributed by atoms with Crippen LogP contribution in [-0.4, -0.2) is 31.6 Å². The fraction of sp³-hybridized carbons (Fsp3) is 0.400. The van der Waals surface area contributed by atoms with E-state index in [9.17, 15) is 14.4 Å². The van der Waals surface area contributed by atoms with Gasteiger partial charge in [0.25, 0.3) is 11.8 Å². The number of benzene rings is 2. The third-order valence-corrected chi connectivity index (χ3v) is 9.31. The predicted molar refractivity (Wildman–Crippen MR) is 147 cm³/mol. The quantitative estimate of drug-likeness (QED) is 0.352. The number of hydrogen-bond donors (Lipinski definition) is 1. The van der Waals surface area contributed by atoms with E-state index in [-0.39, 0.29) is 17.6 Å². The van der Waals surface area contributed by atoms with E-state index >= 15 is 0 Å². The summed E-state index contributed by atoms with van der Waals surface area (Å²) in [7, 11) is 1.45. The molecule has 39 heavy (non-hydrogen) atoms. The second-order valence-electron chi connectivity index (χ2n) is 11.2. The van der Waals surface area contributed by atoms with Crippen LogP contribution in [0.25, 0.3) is 6.08 Å². The maximum Gasteiger partial charge on any atom is 0.335 e. The van der Waals surface area contributed by atoms with Gasteiger partial charge in [0.15, 0.2) is 18.1 Å². The van der Waals surface area contributed by atoms with Gasteiger partial charge in [-0.25, -0.2) is 9.69 Å². The molecule has 0 unspecified atom stereocenters. The first-order valence-electron chi connectivity index (χ1n) is 13.2. The topological polar surface area (TPSA) is 109 Å². The van der Waals surface area contributed by atoms with Crippen LogP contribution in [0.3, 0.4) is 0 Å². The molecule has 0 aromatic heterocycles. The van der Waals surface area contributed by atoms with Crippen LogP contribution in [0.4, 0.5) is 10.5 Å². The van der Waals surface area contributed by atoms with Crippen molar-refractivity contribution in [1.82, 2.24) is 5.32 Å². The Hall–Kier alpha value is -3.64. The summed E-state index contributed by atoms with van der Waals surface area (Å²) in [5, 5.41) is 11.1. The molecule has 2 aromatic carbocycles.